The number of hydrogen-bond donors (Lipinski definition) is 2. The van der Waals surface area contributed by atoms with Gasteiger partial charge in [-0.05, 0) is 32.0 Å². The summed E-state index contributed by atoms with van der Waals surface area (Å²) < 4.78 is 0. The van der Waals surface area contributed by atoms with Crippen LogP contribution < -0.4 is 11.5 Å². The van der Waals surface area contributed by atoms with E-state index in [9.17, 15) is 0 Å². The van der Waals surface area contributed by atoms with Gasteiger partial charge in [-0.15, -0.1) is 0 Å². The van der Waals surface area contributed by atoms with Crippen molar-refractivity contribution >= 4 is 0 Å². The van der Waals surface area contributed by atoms with Crippen molar-refractivity contribution in [1.82, 2.24) is 4.90 Å². The highest BCUT2D eigenvalue weighted by Crippen LogP contribution is 2.08. The summed E-state index contributed by atoms with van der Waals surface area (Å²) in [4.78, 5) is 2.30. The third-order valence-corrected chi connectivity index (χ3v) is 2.75. The van der Waals surface area contributed by atoms with Gasteiger partial charge in [0.15, 0.2) is 0 Å². The molecule has 3 heteroatoms. The summed E-state index contributed by atoms with van der Waals surface area (Å²) in [6, 6.07) is 0. The molecule has 0 saturated heterocycles. The zero-order valence-electron chi connectivity index (χ0n) is 11.3. The molecule has 0 aromatic rings. The van der Waals surface area contributed by atoms with E-state index in [1.54, 1.807) is 6.08 Å². The average molecular weight is 245 g/mol. The van der Waals surface area contributed by atoms with Gasteiger partial charge in [0.1, 0.15) is 0 Å². The zero-order valence-corrected chi connectivity index (χ0v) is 11.3. The summed E-state index contributed by atoms with van der Waals surface area (Å²) in [6.07, 6.45) is 15.2. The van der Waals surface area contributed by atoms with E-state index in [2.05, 4.69) is 43.2 Å². The van der Waals surface area contributed by atoms with E-state index in [-0.39, 0.29) is 0 Å². The van der Waals surface area contributed by atoms with E-state index in [1.807, 2.05) is 12.2 Å². The Kier molecular flexibility index (Phi) is 6.01. The lowest BCUT2D eigenvalue weighted by atomic mass is 10.1. The fraction of sp³-hybridized carbons (Fsp3) is 0.333. The SMILES string of the molecule is C\C1=C/C=C(/C=C/C=C(N)N)\C=C\CN(C)CC1. The molecule has 1 aliphatic heterocycles. The second-order valence-corrected chi connectivity index (χ2v) is 4.62. The van der Waals surface area contributed by atoms with Gasteiger partial charge in [0.05, 0.1) is 5.82 Å². The lowest BCUT2D eigenvalue weighted by Crippen LogP contribution is -2.19. The molecule has 0 radical (unpaired) electrons. The van der Waals surface area contributed by atoms with E-state index in [0.29, 0.717) is 5.82 Å². The maximum atomic E-state index is 5.38. The predicted molar refractivity (Wildman–Crippen MR) is 78.7 cm³/mol. The van der Waals surface area contributed by atoms with Crippen LogP contribution in [0.1, 0.15) is 13.3 Å². The van der Waals surface area contributed by atoms with Crippen molar-refractivity contribution in [3.8, 4) is 0 Å². The maximum Gasteiger partial charge on any atom is 0.0933 e. The molecule has 0 fully saturated rings. The van der Waals surface area contributed by atoms with Crippen LogP contribution in [0, 0.1) is 0 Å². The molecule has 0 atom stereocenters. The van der Waals surface area contributed by atoms with Crippen LogP contribution in [0.4, 0.5) is 0 Å². The fourth-order valence-electron chi connectivity index (χ4n) is 1.59. The standard InChI is InChI=1S/C15H23N3/c1-13-8-9-14(5-3-7-15(16)17)6-4-11-18(2)12-10-13/h3-9H,10-12,16-17H2,1-2H3/b5-3+,6-4+,13-8+,14-9-. The smallest absolute Gasteiger partial charge is 0.0933 e. The molecule has 0 unspecified atom stereocenters. The molecule has 0 spiro atoms. The summed E-state index contributed by atoms with van der Waals surface area (Å²) in [5.41, 5.74) is 13.3. The fourth-order valence-corrected chi connectivity index (χ4v) is 1.59. The number of nitrogens with two attached hydrogens (primary N) is 2. The molecule has 1 rings (SSSR count). The van der Waals surface area contributed by atoms with Crippen LogP contribution in [0.3, 0.4) is 0 Å². The van der Waals surface area contributed by atoms with Crippen LogP contribution in [0.5, 0.6) is 0 Å². The lowest BCUT2D eigenvalue weighted by molar-refractivity contribution is 0.374. The summed E-state index contributed by atoms with van der Waals surface area (Å²) in [6.45, 7) is 4.22. The first-order valence-electron chi connectivity index (χ1n) is 6.20. The zero-order chi connectivity index (χ0) is 13.4. The van der Waals surface area contributed by atoms with Crippen molar-refractivity contribution < 1.29 is 0 Å². The van der Waals surface area contributed by atoms with Crippen LogP contribution in [-0.2, 0) is 0 Å². The average Bonchev–Trinajstić information content (AvgIpc) is 2.31. The Morgan fingerprint density at radius 2 is 2.11 bits per heavy atom. The largest absolute Gasteiger partial charge is 0.386 e. The second-order valence-electron chi connectivity index (χ2n) is 4.62. The van der Waals surface area contributed by atoms with Crippen LogP contribution in [0.25, 0.3) is 0 Å². The summed E-state index contributed by atoms with van der Waals surface area (Å²) in [5, 5.41) is 0. The third kappa shape index (κ3) is 6.11. The quantitative estimate of drug-likeness (QED) is 0.732. The molecule has 0 amide bonds. The molecule has 1 aliphatic rings. The summed E-state index contributed by atoms with van der Waals surface area (Å²) in [5.74, 6) is 0.321. The topological polar surface area (TPSA) is 55.3 Å². The highest BCUT2D eigenvalue weighted by molar-refractivity contribution is 5.36. The Morgan fingerprint density at radius 3 is 2.83 bits per heavy atom. The third-order valence-electron chi connectivity index (χ3n) is 2.75. The van der Waals surface area contributed by atoms with Gasteiger partial charge in [-0.1, -0.05) is 42.0 Å². The first kappa shape index (κ1) is 14.3. The minimum absolute atomic E-state index is 0.321. The van der Waals surface area contributed by atoms with E-state index >= 15 is 0 Å². The molecule has 0 saturated carbocycles. The molecule has 4 N–H and O–H groups in total. The minimum Gasteiger partial charge on any atom is -0.386 e. The number of nitrogens with zero attached hydrogens (tertiary/aromatic N) is 1. The van der Waals surface area contributed by atoms with Crippen molar-refractivity contribution in [2.45, 2.75) is 13.3 Å². The number of allylic oxidation sites excluding steroid dienone is 7. The molecule has 0 aliphatic carbocycles. The van der Waals surface area contributed by atoms with E-state index in [4.69, 9.17) is 11.5 Å². The monoisotopic (exact) mass is 245 g/mol. The van der Waals surface area contributed by atoms with Crippen LogP contribution >= 0.6 is 0 Å². The molecule has 18 heavy (non-hydrogen) atoms. The Labute approximate surface area is 110 Å². The van der Waals surface area contributed by atoms with E-state index in [1.165, 1.54) is 5.57 Å². The lowest BCUT2D eigenvalue weighted by Gasteiger charge is -2.15. The molecule has 3 nitrogen and oxygen atoms in total. The Bertz CT molecular complexity index is 407. The molecule has 1 heterocycles. The Hall–Kier alpha value is -1.74. The molecular weight excluding hydrogens is 222 g/mol. The summed E-state index contributed by atoms with van der Waals surface area (Å²) >= 11 is 0. The highest BCUT2D eigenvalue weighted by Gasteiger charge is 1.98. The highest BCUT2D eigenvalue weighted by atomic mass is 15.1. The first-order valence-corrected chi connectivity index (χ1v) is 6.20. The van der Waals surface area contributed by atoms with Crippen LogP contribution in [0.15, 0.2) is 59.5 Å². The number of hydrogen-bond acceptors (Lipinski definition) is 3. The predicted octanol–water partition coefficient (Wildman–Crippen LogP) is 2.07. The van der Waals surface area contributed by atoms with Gasteiger partial charge in [-0.3, -0.25) is 0 Å². The number of likely N-dealkylation sites (N-methyl/N-ethyl adjacent to an activating group) is 1. The van der Waals surface area contributed by atoms with Crippen LogP contribution in [-0.4, -0.2) is 25.0 Å². The van der Waals surface area contributed by atoms with E-state index < -0.39 is 0 Å². The molecule has 98 valence electrons. The van der Waals surface area contributed by atoms with Gasteiger partial charge >= 0.3 is 0 Å². The van der Waals surface area contributed by atoms with Crippen molar-refractivity contribution in [3.63, 3.8) is 0 Å². The molecule has 0 aromatic carbocycles. The van der Waals surface area contributed by atoms with Crippen molar-refractivity contribution in [2.24, 2.45) is 11.5 Å². The Morgan fingerprint density at radius 1 is 1.33 bits per heavy atom. The van der Waals surface area contributed by atoms with Crippen molar-refractivity contribution in [1.29, 1.82) is 0 Å². The van der Waals surface area contributed by atoms with Gasteiger partial charge in [0.2, 0.25) is 0 Å². The first-order chi connectivity index (χ1) is 8.58. The number of rotatable bonds is 2. The normalized spacial score (nSPS) is 25.9. The second kappa shape index (κ2) is 7.56. The van der Waals surface area contributed by atoms with Crippen molar-refractivity contribution in [3.05, 3.63) is 59.5 Å². The Balaban J connectivity index is 2.84. The van der Waals surface area contributed by atoms with E-state index in [0.717, 1.165) is 25.1 Å². The maximum absolute atomic E-state index is 5.38. The van der Waals surface area contributed by atoms with Gasteiger partial charge in [-0.2, -0.15) is 0 Å². The van der Waals surface area contributed by atoms with Crippen molar-refractivity contribution in [2.75, 3.05) is 20.1 Å². The van der Waals surface area contributed by atoms with Gasteiger partial charge in [0.25, 0.3) is 0 Å². The van der Waals surface area contributed by atoms with Gasteiger partial charge in [-0.25, -0.2) is 0 Å². The molecular formula is C15H23N3. The van der Waals surface area contributed by atoms with Gasteiger partial charge < -0.3 is 16.4 Å². The van der Waals surface area contributed by atoms with Gasteiger partial charge in [0, 0.05) is 13.1 Å². The minimum atomic E-state index is 0.321. The molecule has 0 aromatic heterocycles. The van der Waals surface area contributed by atoms with Crippen LogP contribution in [0.2, 0.25) is 0 Å². The molecule has 0 bridgehead atoms. The summed E-state index contributed by atoms with van der Waals surface area (Å²) in [7, 11) is 2.14.